The highest BCUT2D eigenvalue weighted by Gasteiger charge is 2.51. The molecule has 0 aliphatic carbocycles. The maximum atomic E-state index is 4.36. The van der Waals surface area contributed by atoms with E-state index in [9.17, 15) is 0 Å². The summed E-state index contributed by atoms with van der Waals surface area (Å²) in [5.41, 5.74) is 11.9. The van der Waals surface area contributed by atoms with E-state index in [0.29, 0.717) is 0 Å². The minimum absolute atomic E-state index is 0.0702. The minimum Gasteiger partial charge on any atom is -0.191 e. The van der Waals surface area contributed by atoms with Gasteiger partial charge in [0.1, 0.15) is 5.92 Å². The van der Waals surface area contributed by atoms with Crippen molar-refractivity contribution in [2.45, 2.75) is 44.2 Å². The van der Waals surface area contributed by atoms with Crippen molar-refractivity contribution in [3.63, 3.8) is 0 Å². The predicted molar refractivity (Wildman–Crippen MR) is 158 cm³/mol. The van der Waals surface area contributed by atoms with Crippen molar-refractivity contribution in [1.29, 1.82) is 0 Å². The topological polar surface area (TPSA) is 7.76 Å². The van der Waals surface area contributed by atoms with E-state index in [1.54, 1.807) is 0 Å². The lowest BCUT2D eigenvalue weighted by molar-refractivity contribution is -0.739. The largest absolute Gasteiger partial charge is 0.213 e. The van der Waals surface area contributed by atoms with Gasteiger partial charge in [0, 0.05) is 29.8 Å². The van der Waals surface area contributed by atoms with Gasteiger partial charge in [0.2, 0.25) is 11.4 Å². The highest BCUT2D eigenvalue weighted by atomic mass is 15.1. The molecule has 5 aromatic rings. The molecule has 7 rings (SSSR count). The molecule has 4 heterocycles. The molecule has 3 aromatic carbocycles. The second-order valence-electron chi connectivity index (χ2n) is 11.9. The zero-order valence-electron chi connectivity index (χ0n) is 22.9. The van der Waals surface area contributed by atoms with Crippen molar-refractivity contribution in [2.24, 2.45) is 0 Å². The van der Waals surface area contributed by atoms with Gasteiger partial charge >= 0.3 is 0 Å². The fourth-order valence-electron chi connectivity index (χ4n) is 6.74. The second kappa shape index (κ2) is 8.88. The van der Waals surface area contributed by atoms with Gasteiger partial charge in [-0.1, -0.05) is 88.0 Å². The van der Waals surface area contributed by atoms with Crippen molar-refractivity contribution < 1.29 is 9.13 Å². The minimum atomic E-state index is 0.0702. The third kappa shape index (κ3) is 3.70. The Morgan fingerprint density at radius 1 is 0.641 bits per heavy atom. The average molecular weight is 507 g/mol. The van der Waals surface area contributed by atoms with Crippen LogP contribution in [0.15, 0.2) is 128 Å². The third-order valence-electron chi connectivity index (χ3n) is 8.66. The highest BCUT2D eigenvalue weighted by molar-refractivity contribution is 5.75. The number of rotatable bonds is 3. The summed E-state index contributed by atoms with van der Waals surface area (Å²) in [6.07, 6.45) is 6.69. The Morgan fingerprint density at radius 2 is 1.41 bits per heavy atom. The molecular formula is C37H34N2+2. The maximum Gasteiger partial charge on any atom is 0.213 e. The molecular weight excluding hydrogens is 472 g/mol. The van der Waals surface area contributed by atoms with Gasteiger partial charge in [-0.15, -0.1) is 0 Å². The van der Waals surface area contributed by atoms with E-state index in [-0.39, 0.29) is 23.4 Å². The Morgan fingerprint density at radius 3 is 2.21 bits per heavy atom. The summed E-state index contributed by atoms with van der Waals surface area (Å²) in [5, 5.41) is 0. The van der Waals surface area contributed by atoms with Gasteiger partial charge in [0.05, 0.1) is 11.1 Å². The van der Waals surface area contributed by atoms with Gasteiger partial charge in [-0.05, 0) is 51.9 Å². The van der Waals surface area contributed by atoms with Crippen LogP contribution < -0.4 is 9.13 Å². The normalized spacial score (nSPS) is 19.0. The van der Waals surface area contributed by atoms with Crippen LogP contribution in [-0.4, -0.2) is 0 Å². The summed E-state index contributed by atoms with van der Waals surface area (Å²) in [4.78, 5) is 0. The second-order valence-corrected chi connectivity index (χ2v) is 11.9. The first-order chi connectivity index (χ1) is 19.0. The van der Waals surface area contributed by atoms with Crippen molar-refractivity contribution in [2.75, 3.05) is 0 Å². The zero-order chi connectivity index (χ0) is 26.7. The summed E-state index contributed by atoms with van der Waals surface area (Å²) in [6.45, 7) is 11.3. The molecule has 2 aliphatic heterocycles. The number of benzene rings is 3. The number of hydrogen-bond donors (Lipinski definition) is 0. The first kappa shape index (κ1) is 23.8. The molecule has 0 amide bonds. The third-order valence-corrected chi connectivity index (χ3v) is 8.66. The first-order valence-corrected chi connectivity index (χ1v) is 13.9. The number of nitrogens with zero attached hydrogens (tertiary/aromatic N) is 2. The summed E-state index contributed by atoms with van der Waals surface area (Å²) >= 11 is 0. The molecule has 0 N–H and O–H groups in total. The number of allylic oxidation sites excluding steroid dienone is 1. The van der Waals surface area contributed by atoms with E-state index in [1.165, 1.54) is 50.3 Å². The predicted octanol–water partition coefficient (Wildman–Crippen LogP) is 7.99. The van der Waals surface area contributed by atoms with Crippen LogP contribution in [0, 0.1) is 0 Å². The lowest BCUT2D eigenvalue weighted by atomic mass is 9.76. The summed E-state index contributed by atoms with van der Waals surface area (Å²) in [5.74, 6) is 0.201. The van der Waals surface area contributed by atoms with E-state index in [1.807, 2.05) is 0 Å². The van der Waals surface area contributed by atoms with Crippen molar-refractivity contribution in [1.82, 2.24) is 0 Å². The van der Waals surface area contributed by atoms with Crippen LogP contribution in [-0.2, 0) is 5.41 Å². The summed E-state index contributed by atoms with van der Waals surface area (Å²) in [6, 6.07) is 38.3. The lowest BCUT2D eigenvalue weighted by Crippen LogP contribution is -2.52. The van der Waals surface area contributed by atoms with Gasteiger partial charge in [-0.2, -0.15) is 9.13 Å². The Hall–Kier alpha value is -4.30. The molecule has 39 heavy (non-hydrogen) atoms. The fraction of sp³-hybridized carbons (Fsp3) is 0.189. The van der Waals surface area contributed by atoms with E-state index < -0.39 is 0 Å². The number of fused-ring (bicyclic) bond motifs is 6. The molecule has 190 valence electrons. The quantitative estimate of drug-likeness (QED) is 0.173. The highest BCUT2D eigenvalue weighted by Crippen LogP contribution is 2.50. The van der Waals surface area contributed by atoms with Crippen LogP contribution in [0.3, 0.4) is 0 Å². The molecule has 0 radical (unpaired) electrons. The molecule has 0 spiro atoms. The van der Waals surface area contributed by atoms with Gasteiger partial charge in [0.25, 0.3) is 0 Å². The van der Waals surface area contributed by atoms with E-state index in [4.69, 9.17) is 0 Å². The molecule has 2 aliphatic rings. The number of hydrogen-bond acceptors (Lipinski definition) is 0. The molecule has 0 saturated carbocycles. The molecule has 0 fully saturated rings. The molecule has 2 nitrogen and oxygen atoms in total. The average Bonchev–Trinajstić information content (AvgIpc) is 3.29. The van der Waals surface area contributed by atoms with E-state index in [2.05, 4.69) is 158 Å². The molecule has 3 atom stereocenters. The number of aromatic nitrogens is 2. The molecule has 2 heteroatoms. The smallest absolute Gasteiger partial charge is 0.191 e. The molecule has 3 unspecified atom stereocenters. The van der Waals surface area contributed by atoms with Crippen LogP contribution in [0.25, 0.3) is 33.6 Å². The fourth-order valence-corrected chi connectivity index (χ4v) is 6.74. The first-order valence-electron chi connectivity index (χ1n) is 13.9. The standard InChI is InChI=1S/C37H34N2/c1-5-32-35(29-16-10-9-15-28(29)33-17-11-12-21-38(32)33)36-30-19-18-26(25-13-7-6-8-14-25)23-31(30)34-24-27(37(2,3)4)20-22-39(34)36/h5-24,32,35-36H,1H2,2-4H3/q+2. The Bertz CT molecular complexity index is 1720. The number of pyridine rings is 2. The van der Waals surface area contributed by atoms with E-state index in [0.717, 1.165) is 0 Å². The summed E-state index contributed by atoms with van der Waals surface area (Å²) < 4.78 is 4.95. The zero-order valence-corrected chi connectivity index (χ0v) is 22.9. The van der Waals surface area contributed by atoms with Crippen molar-refractivity contribution in [3.8, 4) is 33.6 Å². The Kier molecular flexibility index (Phi) is 5.42. The van der Waals surface area contributed by atoms with Crippen LogP contribution in [0.1, 0.15) is 55.5 Å². The van der Waals surface area contributed by atoms with Gasteiger partial charge in [0.15, 0.2) is 24.5 Å². The van der Waals surface area contributed by atoms with Crippen LogP contribution in [0.5, 0.6) is 0 Å². The Balaban J connectivity index is 1.49. The van der Waals surface area contributed by atoms with Gasteiger partial charge in [-0.3, -0.25) is 0 Å². The SMILES string of the molecule is C=CC1C(C2c3ccc(-c4ccccc4)cc3-c3cc(C(C)(C)C)cc[n+]32)c2ccccc2-c2cccc[n+]21. The van der Waals surface area contributed by atoms with E-state index >= 15 is 0 Å². The van der Waals surface area contributed by atoms with Crippen molar-refractivity contribution >= 4 is 0 Å². The van der Waals surface area contributed by atoms with Gasteiger partial charge in [-0.25, -0.2) is 0 Å². The molecule has 2 aromatic heterocycles. The Labute approximate surface area is 231 Å². The van der Waals surface area contributed by atoms with Crippen LogP contribution in [0.4, 0.5) is 0 Å². The molecule has 0 bridgehead atoms. The maximum absolute atomic E-state index is 4.36. The molecule has 0 saturated heterocycles. The van der Waals surface area contributed by atoms with Crippen LogP contribution >= 0.6 is 0 Å². The van der Waals surface area contributed by atoms with Crippen molar-refractivity contribution in [3.05, 3.63) is 145 Å². The lowest BCUT2D eigenvalue weighted by Gasteiger charge is -2.30. The summed E-state index contributed by atoms with van der Waals surface area (Å²) in [7, 11) is 0. The monoisotopic (exact) mass is 506 g/mol. The van der Waals surface area contributed by atoms with Crippen LogP contribution in [0.2, 0.25) is 0 Å². The van der Waals surface area contributed by atoms with Gasteiger partial charge < -0.3 is 0 Å².